The van der Waals surface area contributed by atoms with E-state index in [0.717, 1.165) is 41.5 Å². The molecule has 0 aliphatic heterocycles. The second-order valence-corrected chi connectivity index (χ2v) is 10.2. The molecule has 4 aromatic rings. The molecular weight excluding hydrogens is 472 g/mol. The molecule has 2 aromatic carbocycles. The SMILES string of the molecule is CCc1ccc2nc(N(Cc3cn(CCNC4CCCC4)nn3)c3ccc(OC)c(OC)c3)sc2c1. The molecule has 1 aliphatic carbocycles. The number of fused-ring (bicyclic) bond motifs is 1. The molecule has 0 unspecified atom stereocenters. The van der Waals surface area contributed by atoms with Crippen molar-refractivity contribution in [2.45, 2.75) is 58.2 Å². The summed E-state index contributed by atoms with van der Waals surface area (Å²) in [6.45, 7) is 4.43. The first-order chi connectivity index (χ1) is 17.7. The lowest BCUT2D eigenvalue weighted by molar-refractivity contribution is 0.355. The van der Waals surface area contributed by atoms with Gasteiger partial charge in [-0.1, -0.05) is 42.4 Å². The fraction of sp³-hybridized carbons (Fsp3) is 0.444. The molecule has 1 N–H and O–H groups in total. The van der Waals surface area contributed by atoms with E-state index in [1.165, 1.54) is 35.9 Å². The van der Waals surface area contributed by atoms with E-state index < -0.39 is 0 Å². The van der Waals surface area contributed by atoms with Crippen molar-refractivity contribution in [1.82, 2.24) is 25.3 Å². The molecule has 5 rings (SSSR count). The van der Waals surface area contributed by atoms with Crippen molar-refractivity contribution in [2.75, 3.05) is 25.7 Å². The number of methoxy groups -OCH3 is 2. The van der Waals surface area contributed by atoms with Crippen LogP contribution in [0.4, 0.5) is 10.8 Å². The molecule has 1 saturated carbocycles. The molecule has 2 heterocycles. The summed E-state index contributed by atoms with van der Waals surface area (Å²) in [6.07, 6.45) is 8.27. The van der Waals surface area contributed by atoms with Crippen LogP contribution in [0, 0.1) is 0 Å². The maximum absolute atomic E-state index is 5.59. The van der Waals surface area contributed by atoms with E-state index in [0.29, 0.717) is 24.1 Å². The second kappa shape index (κ2) is 11.3. The molecule has 0 spiro atoms. The highest BCUT2D eigenvalue weighted by Crippen LogP contribution is 2.38. The van der Waals surface area contributed by atoms with Gasteiger partial charge in [-0.2, -0.15) is 0 Å². The van der Waals surface area contributed by atoms with Crippen LogP contribution in [0.5, 0.6) is 11.5 Å². The van der Waals surface area contributed by atoms with Crippen LogP contribution >= 0.6 is 11.3 Å². The first-order valence-electron chi connectivity index (χ1n) is 12.7. The van der Waals surface area contributed by atoms with Crippen molar-refractivity contribution in [3.05, 3.63) is 53.9 Å². The number of thiazole rings is 1. The molecule has 190 valence electrons. The Morgan fingerprint density at radius 3 is 2.69 bits per heavy atom. The van der Waals surface area contributed by atoms with E-state index in [-0.39, 0.29) is 0 Å². The Kier molecular flexibility index (Phi) is 7.67. The van der Waals surface area contributed by atoms with Gasteiger partial charge < -0.3 is 19.7 Å². The van der Waals surface area contributed by atoms with Crippen LogP contribution in [-0.4, -0.2) is 46.8 Å². The largest absolute Gasteiger partial charge is 0.493 e. The monoisotopic (exact) mass is 506 g/mol. The number of ether oxygens (including phenoxy) is 2. The second-order valence-electron chi connectivity index (χ2n) is 9.19. The van der Waals surface area contributed by atoms with E-state index in [2.05, 4.69) is 45.7 Å². The van der Waals surface area contributed by atoms with Gasteiger partial charge in [-0.15, -0.1) is 5.10 Å². The van der Waals surface area contributed by atoms with Gasteiger partial charge in [0, 0.05) is 24.3 Å². The maximum atomic E-state index is 5.59. The summed E-state index contributed by atoms with van der Waals surface area (Å²) in [4.78, 5) is 7.14. The number of aryl methyl sites for hydroxylation is 1. The van der Waals surface area contributed by atoms with Crippen molar-refractivity contribution in [1.29, 1.82) is 0 Å². The molecule has 1 aliphatic rings. The number of aromatic nitrogens is 4. The van der Waals surface area contributed by atoms with Crippen molar-refractivity contribution >= 4 is 32.4 Å². The van der Waals surface area contributed by atoms with E-state index >= 15 is 0 Å². The van der Waals surface area contributed by atoms with Gasteiger partial charge in [-0.3, -0.25) is 4.68 Å². The predicted octanol–water partition coefficient (Wildman–Crippen LogP) is 5.34. The molecule has 0 bridgehead atoms. The van der Waals surface area contributed by atoms with Crippen molar-refractivity contribution in [2.24, 2.45) is 0 Å². The van der Waals surface area contributed by atoms with E-state index in [1.54, 1.807) is 25.6 Å². The maximum Gasteiger partial charge on any atom is 0.191 e. The first-order valence-corrected chi connectivity index (χ1v) is 13.5. The third-order valence-electron chi connectivity index (χ3n) is 6.79. The minimum Gasteiger partial charge on any atom is -0.493 e. The molecule has 1 fully saturated rings. The zero-order valence-electron chi connectivity index (χ0n) is 21.2. The molecule has 0 atom stereocenters. The van der Waals surface area contributed by atoms with Crippen molar-refractivity contribution < 1.29 is 9.47 Å². The molecule has 36 heavy (non-hydrogen) atoms. The summed E-state index contributed by atoms with van der Waals surface area (Å²) < 4.78 is 14.1. The average molecular weight is 507 g/mol. The summed E-state index contributed by atoms with van der Waals surface area (Å²) in [7, 11) is 3.30. The minimum atomic E-state index is 0.548. The Bertz CT molecular complexity index is 1300. The Labute approximate surface area is 216 Å². The fourth-order valence-corrected chi connectivity index (χ4v) is 5.80. The van der Waals surface area contributed by atoms with Gasteiger partial charge in [0.25, 0.3) is 0 Å². The molecule has 0 saturated heterocycles. The van der Waals surface area contributed by atoms with Gasteiger partial charge in [0.2, 0.25) is 0 Å². The third-order valence-corrected chi connectivity index (χ3v) is 7.84. The van der Waals surface area contributed by atoms with Crippen LogP contribution in [0.2, 0.25) is 0 Å². The number of nitrogens with zero attached hydrogens (tertiary/aromatic N) is 5. The van der Waals surface area contributed by atoms with Gasteiger partial charge >= 0.3 is 0 Å². The highest BCUT2D eigenvalue weighted by Gasteiger charge is 2.19. The van der Waals surface area contributed by atoms with Gasteiger partial charge in [-0.25, -0.2) is 4.98 Å². The quantitative estimate of drug-likeness (QED) is 0.294. The third kappa shape index (κ3) is 5.47. The predicted molar refractivity (Wildman–Crippen MR) is 145 cm³/mol. The van der Waals surface area contributed by atoms with Crippen molar-refractivity contribution in [3.63, 3.8) is 0 Å². The average Bonchev–Trinajstić information content (AvgIpc) is 3.67. The smallest absolute Gasteiger partial charge is 0.191 e. The number of nitrogens with one attached hydrogen (secondary N) is 1. The topological polar surface area (TPSA) is 77.3 Å². The summed E-state index contributed by atoms with van der Waals surface area (Å²) in [5.41, 5.74) is 4.16. The lowest BCUT2D eigenvalue weighted by Crippen LogP contribution is -2.29. The highest BCUT2D eigenvalue weighted by atomic mass is 32.1. The van der Waals surface area contributed by atoms with Gasteiger partial charge in [0.15, 0.2) is 16.6 Å². The highest BCUT2D eigenvalue weighted by molar-refractivity contribution is 7.22. The summed E-state index contributed by atoms with van der Waals surface area (Å²) in [5, 5.41) is 13.4. The molecule has 2 aromatic heterocycles. The van der Waals surface area contributed by atoms with Crippen molar-refractivity contribution in [3.8, 4) is 11.5 Å². The Morgan fingerprint density at radius 1 is 1.08 bits per heavy atom. The molecule has 9 heteroatoms. The lowest BCUT2D eigenvalue weighted by atomic mass is 10.2. The van der Waals surface area contributed by atoms with Crippen LogP contribution in [-0.2, 0) is 19.5 Å². The number of anilines is 2. The minimum absolute atomic E-state index is 0.548. The summed E-state index contributed by atoms with van der Waals surface area (Å²) >= 11 is 1.68. The fourth-order valence-electron chi connectivity index (χ4n) is 4.75. The molecule has 0 radical (unpaired) electrons. The van der Waals surface area contributed by atoms with Crippen LogP contribution in [0.25, 0.3) is 10.2 Å². The molecule has 8 nitrogen and oxygen atoms in total. The molecule has 0 amide bonds. The van der Waals surface area contributed by atoms with Crippen LogP contribution in [0.3, 0.4) is 0 Å². The summed E-state index contributed by atoms with van der Waals surface area (Å²) in [6, 6.07) is 13.1. The van der Waals surface area contributed by atoms with E-state index in [4.69, 9.17) is 14.5 Å². The van der Waals surface area contributed by atoms with Crippen LogP contribution in [0.15, 0.2) is 42.6 Å². The lowest BCUT2D eigenvalue weighted by Gasteiger charge is -2.22. The van der Waals surface area contributed by atoms with Gasteiger partial charge in [0.1, 0.15) is 5.69 Å². The van der Waals surface area contributed by atoms with Crippen LogP contribution in [0.1, 0.15) is 43.9 Å². The van der Waals surface area contributed by atoms with Crippen LogP contribution < -0.4 is 19.7 Å². The number of hydrogen-bond donors (Lipinski definition) is 1. The van der Waals surface area contributed by atoms with Gasteiger partial charge in [0.05, 0.1) is 43.7 Å². The van der Waals surface area contributed by atoms with Gasteiger partial charge in [-0.05, 0) is 49.1 Å². The Balaban J connectivity index is 1.40. The first kappa shape index (κ1) is 24.5. The zero-order chi connectivity index (χ0) is 24.9. The normalized spacial score (nSPS) is 14.0. The zero-order valence-corrected chi connectivity index (χ0v) is 22.1. The number of benzene rings is 2. The number of rotatable bonds is 11. The standard InChI is InChI=1S/C27H34N6O2S/c1-4-19-9-11-23-26(15-19)36-27(29-23)33(22-10-12-24(34-2)25(16-22)35-3)18-21-17-32(31-30-21)14-13-28-20-7-5-6-8-20/h9-12,15-17,20,28H,4-8,13-14,18H2,1-3H3. The Morgan fingerprint density at radius 2 is 1.92 bits per heavy atom. The molecular formula is C27H34N6O2S. The summed E-state index contributed by atoms with van der Waals surface area (Å²) in [5.74, 6) is 1.37. The Hall–Kier alpha value is -3.17. The van der Waals surface area contributed by atoms with E-state index in [1.807, 2.05) is 29.1 Å². The number of hydrogen-bond acceptors (Lipinski definition) is 8. The van der Waals surface area contributed by atoms with E-state index in [9.17, 15) is 0 Å².